The minimum absolute atomic E-state index is 0.123. The Balaban J connectivity index is 1.92. The van der Waals surface area contributed by atoms with Crippen molar-refractivity contribution >= 4 is 17.6 Å². The first-order chi connectivity index (χ1) is 10.6. The van der Waals surface area contributed by atoms with Crippen LogP contribution in [0.1, 0.15) is 25.0 Å². The smallest absolute Gasteiger partial charge is 0.315 e. The molecule has 0 aliphatic rings. The molecule has 0 aliphatic heterocycles. The molecule has 0 unspecified atom stereocenters. The van der Waals surface area contributed by atoms with Gasteiger partial charge in [0.25, 0.3) is 0 Å². The van der Waals surface area contributed by atoms with E-state index in [2.05, 4.69) is 12.2 Å². The van der Waals surface area contributed by atoms with Crippen LogP contribution in [0.25, 0.3) is 0 Å². The molecule has 4 nitrogen and oxygen atoms in total. The zero-order valence-electron chi connectivity index (χ0n) is 12.8. The summed E-state index contributed by atoms with van der Waals surface area (Å²) >= 11 is 0. The van der Waals surface area contributed by atoms with E-state index in [1.54, 1.807) is 36.4 Å². The maximum Gasteiger partial charge on any atom is 0.315 e. The molecule has 0 saturated carbocycles. The lowest BCUT2D eigenvalue weighted by molar-refractivity contribution is -0.133. The lowest BCUT2D eigenvalue weighted by atomic mass is 10.1. The molecule has 0 saturated heterocycles. The molecule has 0 fully saturated rings. The summed E-state index contributed by atoms with van der Waals surface area (Å²) in [6, 6.07) is 14.6. The minimum Gasteiger partial charge on any atom is -0.426 e. The minimum atomic E-state index is -0.309. The third kappa shape index (κ3) is 4.74. The van der Waals surface area contributed by atoms with Crippen molar-refractivity contribution in [2.24, 2.45) is 0 Å². The maximum atomic E-state index is 11.9. The Morgan fingerprint density at radius 1 is 0.955 bits per heavy atom. The maximum absolute atomic E-state index is 11.9. The number of esters is 1. The molecule has 22 heavy (non-hydrogen) atoms. The highest BCUT2D eigenvalue weighted by Gasteiger charge is 2.07. The molecule has 2 rings (SSSR count). The first kappa shape index (κ1) is 15.8. The van der Waals surface area contributed by atoms with Gasteiger partial charge >= 0.3 is 5.97 Å². The van der Waals surface area contributed by atoms with E-state index in [4.69, 9.17) is 4.74 Å². The number of carbonyl (C=O) groups is 2. The number of aryl methyl sites for hydroxylation is 1. The average Bonchev–Trinajstić information content (AvgIpc) is 2.49. The highest BCUT2D eigenvalue weighted by Crippen LogP contribution is 2.15. The van der Waals surface area contributed by atoms with Gasteiger partial charge in [0.1, 0.15) is 5.75 Å². The lowest BCUT2D eigenvalue weighted by Crippen LogP contribution is -2.11. The number of carbonyl (C=O) groups excluding carboxylic acids is 2. The van der Waals surface area contributed by atoms with Crippen molar-refractivity contribution in [3.63, 3.8) is 0 Å². The summed E-state index contributed by atoms with van der Waals surface area (Å²) in [4.78, 5) is 22.8. The molecule has 114 valence electrons. The van der Waals surface area contributed by atoms with Gasteiger partial charge in [-0.1, -0.05) is 31.2 Å². The third-order valence-electron chi connectivity index (χ3n) is 3.19. The monoisotopic (exact) mass is 297 g/mol. The predicted octanol–water partition coefficient (Wildman–Crippen LogP) is 3.36. The predicted molar refractivity (Wildman–Crippen MR) is 85.9 cm³/mol. The van der Waals surface area contributed by atoms with Crippen LogP contribution in [0.4, 0.5) is 5.69 Å². The van der Waals surface area contributed by atoms with E-state index in [0.29, 0.717) is 11.4 Å². The van der Waals surface area contributed by atoms with Crippen LogP contribution >= 0.6 is 0 Å². The second-order valence-electron chi connectivity index (χ2n) is 5.03. The Morgan fingerprint density at radius 3 is 2.09 bits per heavy atom. The molecule has 4 heteroatoms. The quantitative estimate of drug-likeness (QED) is 0.680. The summed E-state index contributed by atoms with van der Waals surface area (Å²) < 4.78 is 5.30. The normalized spacial score (nSPS) is 10.1. The molecule has 2 aromatic carbocycles. The van der Waals surface area contributed by atoms with Crippen LogP contribution in [0.3, 0.4) is 0 Å². The Morgan fingerprint density at radius 2 is 1.55 bits per heavy atom. The number of ether oxygens (including phenoxy) is 1. The van der Waals surface area contributed by atoms with E-state index >= 15 is 0 Å². The molecule has 0 bridgehead atoms. The molecule has 0 heterocycles. The van der Waals surface area contributed by atoms with Crippen molar-refractivity contribution in [3.8, 4) is 5.75 Å². The van der Waals surface area contributed by atoms with Crippen molar-refractivity contribution in [3.05, 3.63) is 59.7 Å². The van der Waals surface area contributed by atoms with Gasteiger partial charge in [-0.2, -0.15) is 0 Å². The molecule has 0 spiro atoms. The number of hydrogen-bond acceptors (Lipinski definition) is 3. The fraction of sp³-hybridized carbons (Fsp3) is 0.222. The van der Waals surface area contributed by atoms with Crippen molar-refractivity contribution in [2.75, 3.05) is 5.32 Å². The Labute approximate surface area is 130 Å². The fourth-order valence-corrected chi connectivity index (χ4v) is 2.04. The van der Waals surface area contributed by atoms with E-state index in [1.807, 2.05) is 12.1 Å². The summed E-state index contributed by atoms with van der Waals surface area (Å²) in [5.41, 5.74) is 2.75. The molecular formula is C18H19NO3. The van der Waals surface area contributed by atoms with Crippen molar-refractivity contribution in [1.29, 1.82) is 0 Å². The average molecular weight is 297 g/mol. The van der Waals surface area contributed by atoms with Gasteiger partial charge in [-0.05, 0) is 41.8 Å². The van der Waals surface area contributed by atoms with Crippen LogP contribution in [0, 0.1) is 0 Å². The zero-order chi connectivity index (χ0) is 15.9. The highest BCUT2D eigenvalue weighted by molar-refractivity contribution is 5.88. The summed E-state index contributed by atoms with van der Waals surface area (Å²) in [6.45, 7) is 3.53. The summed E-state index contributed by atoms with van der Waals surface area (Å²) in [6.07, 6.45) is 1.14. The molecule has 1 N–H and O–H groups in total. The standard InChI is InChI=1S/C18H19NO3/c1-3-14-6-10-17(11-7-14)22-18(21)12-15-4-8-16(9-5-15)19-13(2)20/h4-11H,3,12H2,1-2H3,(H,19,20). The highest BCUT2D eigenvalue weighted by atomic mass is 16.5. The number of hydrogen-bond donors (Lipinski definition) is 1. The van der Waals surface area contributed by atoms with Gasteiger partial charge in [-0.3, -0.25) is 9.59 Å². The number of anilines is 1. The van der Waals surface area contributed by atoms with E-state index in [1.165, 1.54) is 12.5 Å². The van der Waals surface area contributed by atoms with Gasteiger partial charge in [-0.25, -0.2) is 0 Å². The SMILES string of the molecule is CCc1ccc(OC(=O)Cc2ccc(NC(C)=O)cc2)cc1. The molecule has 2 aromatic rings. The third-order valence-corrected chi connectivity index (χ3v) is 3.19. The zero-order valence-corrected chi connectivity index (χ0v) is 12.8. The van der Waals surface area contributed by atoms with Gasteiger partial charge in [0.15, 0.2) is 0 Å². The second kappa shape index (κ2) is 7.41. The molecule has 0 radical (unpaired) electrons. The van der Waals surface area contributed by atoms with Gasteiger partial charge in [-0.15, -0.1) is 0 Å². The summed E-state index contributed by atoms with van der Waals surface area (Å²) in [5.74, 6) is 0.122. The Bertz CT molecular complexity index is 645. The lowest BCUT2D eigenvalue weighted by Gasteiger charge is -2.06. The van der Waals surface area contributed by atoms with Crippen molar-refractivity contribution < 1.29 is 14.3 Å². The topological polar surface area (TPSA) is 55.4 Å². The molecule has 0 aliphatic carbocycles. The van der Waals surface area contributed by atoms with Crippen LogP contribution in [0.2, 0.25) is 0 Å². The van der Waals surface area contributed by atoms with Gasteiger partial charge < -0.3 is 10.1 Å². The van der Waals surface area contributed by atoms with E-state index in [0.717, 1.165) is 12.0 Å². The Kier molecular flexibility index (Phi) is 5.31. The number of benzene rings is 2. The molecule has 0 atom stereocenters. The molecular weight excluding hydrogens is 278 g/mol. The van der Waals surface area contributed by atoms with Gasteiger partial charge in [0.2, 0.25) is 5.91 Å². The Hall–Kier alpha value is -2.62. The van der Waals surface area contributed by atoms with Crippen LogP contribution in [-0.2, 0) is 22.4 Å². The van der Waals surface area contributed by atoms with Gasteiger partial charge in [0.05, 0.1) is 6.42 Å². The second-order valence-corrected chi connectivity index (χ2v) is 5.03. The first-order valence-electron chi connectivity index (χ1n) is 7.23. The first-order valence-corrected chi connectivity index (χ1v) is 7.23. The van der Waals surface area contributed by atoms with E-state index < -0.39 is 0 Å². The van der Waals surface area contributed by atoms with E-state index in [-0.39, 0.29) is 18.3 Å². The number of nitrogens with one attached hydrogen (secondary N) is 1. The van der Waals surface area contributed by atoms with Crippen molar-refractivity contribution in [1.82, 2.24) is 0 Å². The number of rotatable bonds is 5. The van der Waals surface area contributed by atoms with Crippen LogP contribution < -0.4 is 10.1 Å². The molecule has 0 aromatic heterocycles. The number of amides is 1. The summed E-state index contributed by atoms with van der Waals surface area (Å²) in [5, 5.41) is 2.68. The largest absolute Gasteiger partial charge is 0.426 e. The van der Waals surface area contributed by atoms with Crippen LogP contribution in [0.5, 0.6) is 5.75 Å². The van der Waals surface area contributed by atoms with Crippen LogP contribution in [-0.4, -0.2) is 11.9 Å². The van der Waals surface area contributed by atoms with E-state index in [9.17, 15) is 9.59 Å². The van der Waals surface area contributed by atoms with Crippen molar-refractivity contribution in [2.45, 2.75) is 26.7 Å². The fourth-order valence-electron chi connectivity index (χ4n) is 2.04. The summed E-state index contributed by atoms with van der Waals surface area (Å²) in [7, 11) is 0. The molecule has 1 amide bonds. The van der Waals surface area contributed by atoms with Gasteiger partial charge in [0, 0.05) is 12.6 Å². The van der Waals surface area contributed by atoms with Crippen LogP contribution in [0.15, 0.2) is 48.5 Å².